The molecule has 0 saturated heterocycles. The number of aryl methyl sites for hydroxylation is 3. The first kappa shape index (κ1) is 23.3. The number of alkyl halides is 3. The van der Waals surface area contributed by atoms with Crippen LogP contribution in [0.25, 0.3) is 22.0 Å². The van der Waals surface area contributed by atoms with Gasteiger partial charge in [-0.1, -0.05) is 0 Å². The molecule has 0 unspecified atom stereocenters. The topological polar surface area (TPSA) is 85.8 Å². The van der Waals surface area contributed by atoms with Gasteiger partial charge in [0.15, 0.2) is 0 Å². The Hall–Kier alpha value is -3.88. The summed E-state index contributed by atoms with van der Waals surface area (Å²) in [6, 6.07) is 10.7. The van der Waals surface area contributed by atoms with Gasteiger partial charge in [0.05, 0.1) is 11.1 Å². The maximum absolute atomic E-state index is 13.2. The number of rotatable bonds is 5. The lowest BCUT2D eigenvalue weighted by molar-refractivity contribution is -0.137. The fraction of sp³-hybridized carbons (Fsp3) is 0.240. The minimum atomic E-state index is -4.48. The maximum Gasteiger partial charge on any atom is 0.416 e. The standard InChI is InChI=1S/C25H24F3N5O/c1-4-33-13-17(5-6-23(33)34)20-11-21-22(7-14(20)2)31-15(3)32-24(21)30-12-16-8-18(25(26,27)28)10-19(29)9-16/h5-11,13H,4,12,29H2,1-3H3,(H,30,31,32). The van der Waals surface area contributed by atoms with Crippen LogP contribution < -0.4 is 16.6 Å². The summed E-state index contributed by atoms with van der Waals surface area (Å²) in [5.74, 6) is 1.04. The highest BCUT2D eigenvalue weighted by molar-refractivity contribution is 5.94. The number of benzene rings is 2. The maximum atomic E-state index is 13.2. The van der Waals surface area contributed by atoms with Crippen molar-refractivity contribution >= 4 is 22.4 Å². The summed E-state index contributed by atoms with van der Waals surface area (Å²) in [7, 11) is 0. The SMILES string of the molecule is CCn1cc(-c2cc3c(NCc4cc(N)cc(C(F)(F)F)c4)nc(C)nc3cc2C)ccc1=O. The highest BCUT2D eigenvalue weighted by Gasteiger charge is 2.31. The number of nitrogens with two attached hydrogens (primary N) is 1. The van der Waals surface area contributed by atoms with Gasteiger partial charge in [0.1, 0.15) is 11.6 Å². The molecule has 0 amide bonds. The van der Waals surface area contributed by atoms with Crippen LogP contribution in [0.15, 0.2) is 53.5 Å². The summed E-state index contributed by atoms with van der Waals surface area (Å²) in [4.78, 5) is 21.0. The molecule has 0 bridgehead atoms. The molecule has 0 aliphatic rings. The summed E-state index contributed by atoms with van der Waals surface area (Å²) < 4.78 is 41.2. The van der Waals surface area contributed by atoms with Gasteiger partial charge in [0, 0.05) is 36.4 Å². The third kappa shape index (κ3) is 4.73. The Balaban J connectivity index is 1.76. The van der Waals surface area contributed by atoms with Crippen LogP contribution in [0.1, 0.15) is 29.4 Å². The van der Waals surface area contributed by atoms with Crippen molar-refractivity contribution < 1.29 is 13.2 Å². The molecule has 34 heavy (non-hydrogen) atoms. The predicted octanol–water partition coefficient (Wildman–Crippen LogP) is 5.31. The van der Waals surface area contributed by atoms with Crippen molar-refractivity contribution in [3.05, 3.63) is 81.5 Å². The Morgan fingerprint density at radius 2 is 1.82 bits per heavy atom. The van der Waals surface area contributed by atoms with Crippen molar-refractivity contribution in [3.63, 3.8) is 0 Å². The Labute approximate surface area is 194 Å². The van der Waals surface area contributed by atoms with E-state index in [9.17, 15) is 18.0 Å². The van der Waals surface area contributed by atoms with Crippen molar-refractivity contribution in [2.45, 2.75) is 40.0 Å². The number of halogens is 3. The van der Waals surface area contributed by atoms with Crippen LogP contribution >= 0.6 is 0 Å². The van der Waals surface area contributed by atoms with Crippen LogP contribution in [0.5, 0.6) is 0 Å². The Bertz CT molecular complexity index is 1440. The lowest BCUT2D eigenvalue weighted by Gasteiger charge is -2.15. The molecule has 4 rings (SSSR count). The van der Waals surface area contributed by atoms with Crippen molar-refractivity contribution in [1.82, 2.24) is 14.5 Å². The molecule has 2 aromatic carbocycles. The summed E-state index contributed by atoms with van der Waals surface area (Å²) in [6.45, 7) is 6.27. The lowest BCUT2D eigenvalue weighted by Crippen LogP contribution is -2.17. The number of hydrogen-bond acceptors (Lipinski definition) is 5. The minimum absolute atomic E-state index is 0.0410. The zero-order chi connectivity index (χ0) is 24.6. The molecule has 9 heteroatoms. The third-order valence-corrected chi connectivity index (χ3v) is 5.59. The van der Waals surface area contributed by atoms with Crippen LogP contribution in [-0.2, 0) is 19.3 Å². The zero-order valence-corrected chi connectivity index (χ0v) is 19.0. The van der Waals surface area contributed by atoms with E-state index < -0.39 is 11.7 Å². The minimum Gasteiger partial charge on any atom is -0.399 e. The molecule has 2 aromatic heterocycles. The summed E-state index contributed by atoms with van der Waals surface area (Å²) in [5.41, 5.74) is 8.73. The average Bonchev–Trinajstić information content (AvgIpc) is 2.76. The van der Waals surface area contributed by atoms with Gasteiger partial charge < -0.3 is 15.6 Å². The lowest BCUT2D eigenvalue weighted by atomic mass is 9.99. The van der Waals surface area contributed by atoms with Gasteiger partial charge in [0.2, 0.25) is 0 Å². The summed E-state index contributed by atoms with van der Waals surface area (Å²) in [5, 5.41) is 3.87. The molecule has 0 fully saturated rings. The molecule has 176 valence electrons. The number of nitrogens with one attached hydrogen (secondary N) is 1. The molecule has 3 N–H and O–H groups in total. The van der Waals surface area contributed by atoms with Crippen molar-refractivity contribution in [1.29, 1.82) is 0 Å². The fourth-order valence-electron chi connectivity index (χ4n) is 3.95. The van der Waals surface area contributed by atoms with E-state index in [-0.39, 0.29) is 17.8 Å². The van der Waals surface area contributed by atoms with E-state index in [1.807, 2.05) is 32.2 Å². The average molecular weight is 467 g/mol. The molecule has 0 atom stereocenters. The first-order chi connectivity index (χ1) is 16.0. The van der Waals surface area contributed by atoms with Gasteiger partial charge in [-0.3, -0.25) is 4.79 Å². The molecule has 0 saturated carbocycles. The zero-order valence-electron chi connectivity index (χ0n) is 19.0. The second kappa shape index (κ2) is 8.81. The number of hydrogen-bond donors (Lipinski definition) is 2. The van der Waals surface area contributed by atoms with E-state index in [0.717, 1.165) is 34.2 Å². The molecule has 4 aromatic rings. The first-order valence-corrected chi connectivity index (χ1v) is 10.8. The number of nitrogens with zero attached hydrogens (tertiary/aromatic N) is 3. The molecular formula is C25H24F3N5O. The fourth-order valence-corrected chi connectivity index (χ4v) is 3.95. The number of aromatic nitrogens is 3. The first-order valence-electron chi connectivity index (χ1n) is 10.8. The third-order valence-electron chi connectivity index (χ3n) is 5.59. The molecule has 0 spiro atoms. The highest BCUT2D eigenvalue weighted by Crippen LogP contribution is 2.33. The van der Waals surface area contributed by atoms with Gasteiger partial charge >= 0.3 is 6.18 Å². The second-order valence-corrected chi connectivity index (χ2v) is 8.16. The molecule has 6 nitrogen and oxygen atoms in total. The molecular weight excluding hydrogens is 443 g/mol. The van der Waals surface area contributed by atoms with E-state index in [1.165, 1.54) is 12.1 Å². The number of anilines is 2. The van der Waals surface area contributed by atoms with Crippen LogP contribution in [0.2, 0.25) is 0 Å². The van der Waals surface area contributed by atoms with Gasteiger partial charge in [-0.25, -0.2) is 9.97 Å². The van der Waals surface area contributed by atoms with Crippen molar-refractivity contribution in [2.75, 3.05) is 11.1 Å². The Morgan fingerprint density at radius 3 is 2.53 bits per heavy atom. The molecule has 0 aliphatic heterocycles. The van der Waals surface area contributed by atoms with Gasteiger partial charge in [-0.05, 0) is 79.4 Å². The van der Waals surface area contributed by atoms with Crippen LogP contribution in [0, 0.1) is 13.8 Å². The largest absolute Gasteiger partial charge is 0.416 e. The van der Waals surface area contributed by atoms with Crippen molar-refractivity contribution in [3.8, 4) is 11.1 Å². The second-order valence-electron chi connectivity index (χ2n) is 8.16. The Morgan fingerprint density at radius 1 is 1.06 bits per heavy atom. The molecule has 2 heterocycles. The van der Waals surface area contributed by atoms with Crippen molar-refractivity contribution in [2.24, 2.45) is 0 Å². The van der Waals surface area contributed by atoms with E-state index in [0.29, 0.717) is 29.3 Å². The van der Waals surface area contributed by atoms with E-state index >= 15 is 0 Å². The van der Waals surface area contributed by atoms with E-state index in [1.54, 1.807) is 17.6 Å². The Kier molecular flexibility index (Phi) is 6.03. The monoisotopic (exact) mass is 467 g/mol. The normalized spacial score (nSPS) is 11.7. The smallest absolute Gasteiger partial charge is 0.399 e. The number of fused-ring (bicyclic) bond motifs is 1. The van der Waals surface area contributed by atoms with Gasteiger partial charge in [0.25, 0.3) is 5.56 Å². The van der Waals surface area contributed by atoms with Gasteiger partial charge in [-0.15, -0.1) is 0 Å². The highest BCUT2D eigenvalue weighted by atomic mass is 19.4. The molecule has 0 radical (unpaired) electrons. The van der Waals surface area contributed by atoms with E-state index in [2.05, 4.69) is 15.3 Å². The molecule has 0 aliphatic carbocycles. The number of pyridine rings is 1. The quantitative estimate of drug-likeness (QED) is 0.389. The summed E-state index contributed by atoms with van der Waals surface area (Å²) in [6.07, 6.45) is -2.67. The van der Waals surface area contributed by atoms with Crippen LogP contribution in [0.4, 0.5) is 24.7 Å². The van der Waals surface area contributed by atoms with E-state index in [4.69, 9.17) is 5.73 Å². The predicted molar refractivity (Wildman–Crippen MR) is 128 cm³/mol. The van der Waals surface area contributed by atoms with Crippen LogP contribution in [0.3, 0.4) is 0 Å². The van der Waals surface area contributed by atoms with Gasteiger partial charge in [-0.2, -0.15) is 13.2 Å². The number of nitrogen functional groups attached to an aromatic ring is 1. The van der Waals surface area contributed by atoms with Crippen LogP contribution in [-0.4, -0.2) is 14.5 Å². The summed E-state index contributed by atoms with van der Waals surface area (Å²) >= 11 is 0.